The van der Waals surface area contributed by atoms with Crippen LogP contribution < -0.4 is 0 Å². The molecule has 0 amide bonds. The van der Waals surface area contributed by atoms with Crippen LogP contribution in [0.15, 0.2) is 0 Å². The molecular weight excluding hydrogens is 151 g/mol. The second kappa shape index (κ2) is 1.87. The number of hydrogen-bond donors (Lipinski definition) is 1. The van der Waals surface area contributed by atoms with Crippen molar-refractivity contribution < 1.29 is 28.7 Å². The summed E-state index contributed by atoms with van der Waals surface area (Å²) in [5.41, 5.74) is 0. The Bertz CT molecular complexity index is 110. The second-order valence-corrected chi connectivity index (χ2v) is 2.54. The molecule has 0 aliphatic heterocycles. The van der Waals surface area contributed by atoms with E-state index in [1.807, 2.05) is 0 Å². The van der Waals surface area contributed by atoms with E-state index < -0.39 is 13.6 Å². The van der Waals surface area contributed by atoms with Gasteiger partial charge in [0, 0.05) is 0 Å². The Hall–Kier alpha value is 0.342. The minimum atomic E-state index is -5.01. The Balaban J connectivity index is 3.85. The van der Waals surface area contributed by atoms with E-state index in [0.717, 1.165) is 0 Å². The van der Waals surface area contributed by atoms with Gasteiger partial charge in [0.05, 0.1) is 0 Å². The van der Waals surface area contributed by atoms with Crippen molar-refractivity contribution in [3.05, 3.63) is 0 Å². The molecule has 0 atom stereocenters. The molecule has 0 unspecified atom stereocenters. The maximum atomic E-state index is 9.27. The fourth-order valence-electron chi connectivity index (χ4n) is 0. The molecule has 1 N–H and O–H groups in total. The first kappa shape index (κ1) is 6.34. The summed E-state index contributed by atoms with van der Waals surface area (Å²) in [5, 5.41) is 0. The van der Waals surface area contributed by atoms with Gasteiger partial charge in [0.2, 0.25) is 0 Å². The third kappa shape index (κ3) is 4.34. The van der Waals surface area contributed by atoms with Crippen LogP contribution in [0.1, 0.15) is 0 Å². The Labute approximate surface area is 41.2 Å². The van der Waals surface area contributed by atoms with Crippen molar-refractivity contribution in [2.45, 2.75) is 0 Å². The van der Waals surface area contributed by atoms with Crippen LogP contribution in [0.3, 0.4) is 0 Å². The third-order valence-corrected chi connectivity index (χ3v) is 0.985. The fourth-order valence-corrected chi connectivity index (χ4v) is 0. The van der Waals surface area contributed by atoms with Gasteiger partial charge >= 0.3 is 40.6 Å². The van der Waals surface area contributed by atoms with Crippen LogP contribution in [-0.2, 0) is 24.6 Å². The van der Waals surface area contributed by atoms with E-state index in [0.29, 0.717) is 0 Å². The van der Waals surface area contributed by atoms with Crippen molar-refractivity contribution in [3.63, 3.8) is 0 Å². The van der Waals surface area contributed by atoms with Gasteiger partial charge in [-0.2, -0.15) is 0 Å². The van der Waals surface area contributed by atoms with Crippen molar-refractivity contribution in [1.29, 1.82) is 0 Å². The first-order valence-corrected chi connectivity index (χ1v) is 3.28. The molecule has 0 fully saturated rings. The molecule has 0 rings (SSSR count). The summed E-state index contributed by atoms with van der Waals surface area (Å²) in [7, 11) is 0. The third-order valence-electron chi connectivity index (χ3n) is 0.0796. The second-order valence-electron chi connectivity index (χ2n) is 0.491. The summed E-state index contributed by atoms with van der Waals surface area (Å²) >= 11 is -0.840. The van der Waals surface area contributed by atoms with Crippen molar-refractivity contribution >= 4 is 11.9 Å². The van der Waals surface area contributed by atoms with Gasteiger partial charge in [-0.25, -0.2) is 0 Å². The SMILES string of the molecule is [O]=[Cr](=[O])([OH])[O]Cl. The molecule has 0 aromatic heterocycles. The van der Waals surface area contributed by atoms with E-state index in [1.54, 1.807) is 0 Å². The van der Waals surface area contributed by atoms with Gasteiger partial charge < -0.3 is 0 Å². The molecule has 0 saturated carbocycles. The standard InChI is InChI=1S/ClO.Cr.H2O.2O/c1-2;;;;/h;;1H2;;/q-1;+2;;;/p-1. The minimum absolute atomic E-state index is 3.01. The summed E-state index contributed by atoms with van der Waals surface area (Å²) in [4.78, 5) is 0. The van der Waals surface area contributed by atoms with Gasteiger partial charge in [0.15, 0.2) is 0 Å². The van der Waals surface area contributed by atoms with Gasteiger partial charge in [-0.05, 0) is 0 Å². The molecule has 0 spiro atoms. The molecule has 38 valence electrons. The molecule has 0 bridgehead atoms. The van der Waals surface area contributed by atoms with Crippen LogP contribution in [0.5, 0.6) is 0 Å². The Morgan fingerprint density at radius 1 is 1.67 bits per heavy atom. The van der Waals surface area contributed by atoms with Crippen LogP contribution in [-0.4, -0.2) is 4.16 Å². The van der Waals surface area contributed by atoms with Crippen molar-refractivity contribution in [1.82, 2.24) is 0 Å². The van der Waals surface area contributed by atoms with Crippen LogP contribution in [0.2, 0.25) is 0 Å². The average molecular weight is 152 g/mol. The van der Waals surface area contributed by atoms with Gasteiger partial charge in [0.1, 0.15) is 0 Å². The van der Waals surface area contributed by atoms with Crippen LogP contribution >= 0.6 is 11.9 Å². The summed E-state index contributed by atoms with van der Waals surface area (Å²) in [6.07, 6.45) is 0. The Kier molecular flexibility index (Phi) is 1.98. The molecule has 0 aromatic carbocycles. The maximum absolute atomic E-state index is 9.27. The summed E-state index contributed by atoms with van der Waals surface area (Å²) in [6, 6.07) is 0. The van der Waals surface area contributed by atoms with E-state index in [-0.39, 0.29) is 0 Å². The molecule has 6 heteroatoms. The summed E-state index contributed by atoms with van der Waals surface area (Å²) in [5.74, 6) is 0. The molecule has 6 heavy (non-hydrogen) atoms. The topological polar surface area (TPSA) is 63.6 Å². The molecule has 0 saturated heterocycles. The summed E-state index contributed by atoms with van der Waals surface area (Å²) < 4.78 is 29.1. The van der Waals surface area contributed by atoms with E-state index >= 15 is 0 Å². The van der Waals surface area contributed by atoms with Crippen LogP contribution in [0.25, 0.3) is 0 Å². The number of hydrogen-bond acceptors (Lipinski definition) is 3. The van der Waals surface area contributed by atoms with Gasteiger partial charge in [-0.3, -0.25) is 0 Å². The zero-order valence-corrected chi connectivity index (χ0v) is 4.49. The van der Waals surface area contributed by atoms with Crippen molar-refractivity contribution in [3.8, 4) is 0 Å². The number of halogens is 1. The first-order valence-electron chi connectivity index (χ1n) is 0.837. The predicted octanol–water partition coefficient (Wildman–Crippen LogP) is -0.176. The molecule has 0 aromatic rings. The predicted molar refractivity (Wildman–Crippen MR) is 10.5 cm³/mol. The normalized spacial score (nSPS) is 11.7. The van der Waals surface area contributed by atoms with Gasteiger partial charge in [0.25, 0.3) is 0 Å². The van der Waals surface area contributed by atoms with E-state index in [1.165, 1.54) is 0 Å². The monoisotopic (exact) mass is 152 g/mol. The Morgan fingerprint density at radius 2 is 1.83 bits per heavy atom. The van der Waals surface area contributed by atoms with E-state index in [2.05, 4.69) is 15.2 Å². The number of rotatable bonds is 1. The van der Waals surface area contributed by atoms with Gasteiger partial charge in [-0.15, -0.1) is 0 Å². The van der Waals surface area contributed by atoms with Crippen LogP contribution in [0.4, 0.5) is 0 Å². The summed E-state index contributed by atoms with van der Waals surface area (Å²) in [6.45, 7) is 0. The Morgan fingerprint density at radius 3 is 1.83 bits per heavy atom. The zero-order valence-electron chi connectivity index (χ0n) is 2.46. The van der Waals surface area contributed by atoms with Crippen LogP contribution in [0, 0.1) is 0 Å². The van der Waals surface area contributed by atoms with E-state index in [9.17, 15) is 7.61 Å². The fraction of sp³-hybridized carbons (Fsp3) is 0. The average Bonchev–Trinajstić information content (AvgIpc) is 1.35. The molecule has 0 radical (unpaired) electrons. The van der Waals surface area contributed by atoms with Gasteiger partial charge in [-0.1, -0.05) is 0 Å². The van der Waals surface area contributed by atoms with Crippen molar-refractivity contribution in [2.75, 3.05) is 0 Å². The molecule has 0 aliphatic rings. The first-order chi connectivity index (χ1) is 2.56. The van der Waals surface area contributed by atoms with Crippen molar-refractivity contribution in [2.24, 2.45) is 0 Å². The zero-order chi connectivity index (χ0) is 5.21. The molecule has 0 heterocycles. The molecule has 0 aliphatic carbocycles. The van der Waals surface area contributed by atoms with E-state index in [4.69, 9.17) is 4.16 Å². The quantitative estimate of drug-likeness (QED) is 0.566. The molecular formula is HClCrO4. The molecule has 4 nitrogen and oxygen atoms in total.